The lowest BCUT2D eigenvalue weighted by atomic mass is 10.1. The fourth-order valence-electron chi connectivity index (χ4n) is 3.32. The Bertz CT molecular complexity index is 1330. The molecule has 0 atom stereocenters. The van der Waals surface area contributed by atoms with E-state index in [4.69, 9.17) is 16.3 Å². The predicted molar refractivity (Wildman–Crippen MR) is 132 cm³/mol. The lowest BCUT2D eigenvalue weighted by molar-refractivity contribution is -0.137. The third-order valence-corrected chi connectivity index (χ3v) is 7.30. The van der Waals surface area contributed by atoms with E-state index in [2.05, 4.69) is 5.32 Å². The molecule has 0 aliphatic rings. The molecule has 192 valence electrons. The highest BCUT2D eigenvalue weighted by atomic mass is 35.5. The van der Waals surface area contributed by atoms with Crippen LogP contribution in [0, 0.1) is 13.8 Å². The van der Waals surface area contributed by atoms with Crippen LogP contribution >= 0.6 is 11.6 Å². The van der Waals surface area contributed by atoms with Gasteiger partial charge in [0.2, 0.25) is 5.91 Å². The molecule has 0 aliphatic heterocycles. The summed E-state index contributed by atoms with van der Waals surface area (Å²) in [5.41, 5.74) is 0.354. The zero-order valence-electron chi connectivity index (χ0n) is 19.5. The topological polar surface area (TPSA) is 75.7 Å². The van der Waals surface area contributed by atoms with Gasteiger partial charge in [0.05, 0.1) is 27.7 Å². The van der Waals surface area contributed by atoms with E-state index in [0.717, 1.165) is 23.3 Å². The van der Waals surface area contributed by atoms with Crippen molar-refractivity contribution < 1.29 is 31.1 Å². The van der Waals surface area contributed by atoms with Gasteiger partial charge in [0.1, 0.15) is 18.9 Å². The van der Waals surface area contributed by atoms with E-state index in [1.54, 1.807) is 6.07 Å². The summed E-state index contributed by atoms with van der Waals surface area (Å²) in [7, 11) is -4.38. The second-order valence-corrected chi connectivity index (χ2v) is 10.2. The van der Waals surface area contributed by atoms with Crippen LogP contribution in [-0.4, -0.2) is 34.0 Å². The average molecular weight is 541 g/mol. The summed E-state index contributed by atoms with van der Waals surface area (Å²) in [6, 6.07) is 15.5. The molecule has 3 aromatic rings. The first-order valence-corrected chi connectivity index (χ1v) is 12.6. The summed E-state index contributed by atoms with van der Waals surface area (Å²) >= 11 is 5.70. The smallest absolute Gasteiger partial charge is 0.417 e. The van der Waals surface area contributed by atoms with E-state index in [9.17, 15) is 26.4 Å². The quantitative estimate of drug-likeness (QED) is 0.370. The molecule has 3 rings (SSSR count). The van der Waals surface area contributed by atoms with Crippen LogP contribution in [0.25, 0.3) is 0 Å². The molecular weight excluding hydrogens is 517 g/mol. The van der Waals surface area contributed by atoms with E-state index >= 15 is 0 Å². The van der Waals surface area contributed by atoms with Gasteiger partial charge < -0.3 is 10.1 Å². The minimum Gasteiger partial charge on any atom is -0.491 e. The lowest BCUT2D eigenvalue weighted by Crippen LogP contribution is -2.42. The molecule has 0 aromatic heterocycles. The van der Waals surface area contributed by atoms with Crippen molar-refractivity contribution in [1.82, 2.24) is 5.32 Å². The minimum atomic E-state index is -4.82. The van der Waals surface area contributed by atoms with Crippen LogP contribution in [0.2, 0.25) is 5.02 Å². The monoisotopic (exact) mass is 540 g/mol. The van der Waals surface area contributed by atoms with Crippen molar-refractivity contribution in [3.05, 3.63) is 88.4 Å². The Balaban J connectivity index is 1.81. The summed E-state index contributed by atoms with van der Waals surface area (Å²) < 4.78 is 73.2. The van der Waals surface area contributed by atoms with Gasteiger partial charge in [-0.15, -0.1) is 0 Å². The van der Waals surface area contributed by atoms with Crippen LogP contribution < -0.4 is 14.4 Å². The highest BCUT2D eigenvalue weighted by Gasteiger charge is 2.35. The third kappa shape index (κ3) is 6.70. The highest BCUT2D eigenvalue weighted by molar-refractivity contribution is 7.92. The molecule has 1 N–H and O–H groups in total. The standard InChI is InChI=1S/C25H24ClF3N2O4S/c1-17-8-9-18(2)23(14-17)35-13-12-30-24(32)16-31(36(33,34)20-6-4-3-5-7-20)19-10-11-22(26)21(15-19)25(27,28)29/h3-11,14-15H,12-13,16H2,1-2H3,(H,30,32). The molecule has 0 aliphatic carbocycles. The minimum absolute atomic E-state index is 0.0554. The maximum Gasteiger partial charge on any atom is 0.417 e. The normalized spacial score (nSPS) is 11.7. The molecule has 11 heteroatoms. The zero-order valence-corrected chi connectivity index (χ0v) is 21.0. The van der Waals surface area contributed by atoms with Gasteiger partial charge in [0.25, 0.3) is 10.0 Å². The van der Waals surface area contributed by atoms with E-state index in [1.807, 2.05) is 32.0 Å². The van der Waals surface area contributed by atoms with Gasteiger partial charge in [-0.2, -0.15) is 13.2 Å². The summed E-state index contributed by atoms with van der Waals surface area (Å²) in [5, 5.41) is 1.96. The Labute approximate surface area is 212 Å². The van der Waals surface area contributed by atoms with Gasteiger partial charge in [0.15, 0.2) is 0 Å². The Morgan fingerprint density at radius 1 is 1.03 bits per heavy atom. The lowest BCUT2D eigenvalue weighted by Gasteiger charge is -2.25. The van der Waals surface area contributed by atoms with Crippen molar-refractivity contribution in [3.8, 4) is 5.75 Å². The summed E-state index contributed by atoms with van der Waals surface area (Å²) in [5.74, 6) is -0.0686. The van der Waals surface area contributed by atoms with Gasteiger partial charge in [-0.25, -0.2) is 8.42 Å². The first-order chi connectivity index (χ1) is 16.9. The number of carbonyl (C=O) groups excluding carboxylic acids is 1. The Morgan fingerprint density at radius 3 is 2.39 bits per heavy atom. The van der Waals surface area contributed by atoms with Crippen LogP contribution in [0.4, 0.5) is 18.9 Å². The average Bonchev–Trinajstić information content (AvgIpc) is 2.82. The maximum absolute atomic E-state index is 13.4. The largest absolute Gasteiger partial charge is 0.491 e. The first kappa shape index (κ1) is 27.3. The van der Waals surface area contributed by atoms with Crippen LogP contribution in [0.1, 0.15) is 16.7 Å². The highest BCUT2D eigenvalue weighted by Crippen LogP contribution is 2.38. The van der Waals surface area contributed by atoms with Crippen molar-refractivity contribution in [2.75, 3.05) is 24.0 Å². The number of hydrogen-bond donors (Lipinski definition) is 1. The van der Waals surface area contributed by atoms with Crippen LogP contribution in [0.3, 0.4) is 0 Å². The van der Waals surface area contributed by atoms with Crippen LogP contribution in [-0.2, 0) is 21.0 Å². The number of ether oxygens (including phenoxy) is 1. The number of carbonyl (C=O) groups is 1. The van der Waals surface area contributed by atoms with Gasteiger partial charge in [-0.3, -0.25) is 9.10 Å². The number of nitrogens with one attached hydrogen (secondary N) is 1. The van der Waals surface area contributed by atoms with E-state index in [-0.39, 0.29) is 23.7 Å². The number of nitrogens with zero attached hydrogens (tertiary/aromatic N) is 1. The molecule has 0 saturated heterocycles. The summed E-state index contributed by atoms with van der Waals surface area (Å²) in [4.78, 5) is 12.5. The van der Waals surface area contributed by atoms with Gasteiger partial charge >= 0.3 is 6.18 Å². The second-order valence-electron chi connectivity index (χ2n) is 7.95. The fourth-order valence-corrected chi connectivity index (χ4v) is 4.98. The number of sulfonamides is 1. The second kappa shape index (κ2) is 11.2. The van der Waals surface area contributed by atoms with Crippen molar-refractivity contribution in [1.29, 1.82) is 0 Å². The van der Waals surface area contributed by atoms with Gasteiger partial charge in [-0.1, -0.05) is 41.9 Å². The van der Waals surface area contributed by atoms with E-state index < -0.39 is 39.2 Å². The number of amides is 1. The number of hydrogen-bond acceptors (Lipinski definition) is 4. The number of alkyl halides is 3. The Morgan fingerprint density at radius 2 is 1.72 bits per heavy atom. The first-order valence-electron chi connectivity index (χ1n) is 10.8. The SMILES string of the molecule is Cc1ccc(C)c(OCCNC(=O)CN(c2ccc(Cl)c(C(F)(F)F)c2)S(=O)(=O)c2ccccc2)c1. The predicted octanol–water partition coefficient (Wildman–Crippen LogP) is 5.37. The summed E-state index contributed by atoms with van der Waals surface area (Å²) in [6.45, 7) is 3.21. The maximum atomic E-state index is 13.4. The molecule has 0 radical (unpaired) electrons. The van der Waals surface area contributed by atoms with Crippen molar-refractivity contribution in [2.45, 2.75) is 24.9 Å². The van der Waals surface area contributed by atoms with Crippen LogP contribution in [0.15, 0.2) is 71.6 Å². The van der Waals surface area contributed by atoms with E-state index in [0.29, 0.717) is 16.1 Å². The number of rotatable bonds is 9. The molecule has 1 amide bonds. The van der Waals surface area contributed by atoms with Crippen molar-refractivity contribution in [3.63, 3.8) is 0 Å². The molecule has 0 saturated carbocycles. The zero-order chi connectivity index (χ0) is 26.5. The molecule has 3 aromatic carbocycles. The third-order valence-electron chi connectivity index (χ3n) is 5.19. The number of benzene rings is 3. The molecule has 0 fully saturated rings. The molecule has 0 bridgehead atoms. The molecule has 36 heavy (non-hydrogen) atoms. The molecule has 0 spiro atoms. The summed E-state index contributed by atoms with van der Waals surface area (Å²) in [6.07, 6.45) is -4.82. The van der Waals surface area contributed by atoms with Gasteiger partial charge in [-0.05, 0) is 61.4 Å². The molecule has 0 heterocycles. The van der Waals surface area contributed by atoms with E-state index in [1.165, 1.54) is 24.3 Å². The molecular formula is C25H24ClF3N2O4S. The number of halogens is 4. The van der Waals surface area contributed by atoms with Crippen molar-refractivity contribution in [2.24, 2.45) is 0 Å². The molecule has 0 unspecified atom stereocenters. The Kier molecular flexibility index (Phi) is 8.52. The molecule has 6 nitrogen and oxygen atoms in total. The Hall–Kier alpha value is -3.24. The number of anilines is 1. The van der Waals surface area contributed by atoms with Gasteiger partial charge in [0, 0.05) is 0 Å². The number of aryl methyl sites for hydroxylation is 2. The van der Waals surface area contributed by atoms with Crippen LogP contribution in [0.5, 0.6) is 5.75 Å². The fraction of sp³-hybridized carbons (Fsp3) is 0.240. The van der Waals surface area contributed by atoms with Crippen molar-refractivity contribution >= 4 is 33.2 Å².